The van der Waals surface area contributed by atoms with Gasteiger partial charge in [-0.25, -0.2) is 9.59 Å². The van der Waals surface area contributed by atoms with Crippen molar-refractivity contribution < 1.29 is 23.5 Å². The third-order valence-electron chi connectivity index (χ3n) is 6.33. The number of amides is 1. The van der Waals surface area contributed by atoms with Gasteiger partial charge in [0.05, 0.1) is 33.2 Å². The maximum atomic E-state index is 12.7. The average Bonchev–Trinajstić information content (AvgIpc) is 2.62. The van der Waals surface area contributed by atoms with Gasteiger partial charge in [-0.1, -0.05) is 44.9 Å². The lowest BCUT2D eigenvalue weighted by atomic mass is 9.99. The molecule has 0 bridgehead atoms. The fraction of sp³-hybridized carbons (Fsp3) is 0.917. The third-order valence-corrected chi connectivity index (χ3v) is 6.33. The summed E-state index contributed by atoms with van der Waals surface area (Å²) in [6.45, 7) is 8.76. The Morgan fingerprint density at radius 3 is 1.80 bits per heavy atom. The van der Waals surface area contributed by atoms with Crippen LogP contribution in [0.4, 0.5) is 4.79 Å². The molecular weight excluding hydrogens is 380 g/mol. The number of esters is 1. The minimum absolute atomic E-state index is 0.0755. The predicted molar refractivity (Wildman–Crippen MR) is 119 cm³/mol. The van der Waals surface area contributed by atoms with Crippen molar-refractivity contribution in [2.75, 3.05) is 39.8 Å². The fourth-order valence-electron chi connectivity index (χ4n) is 4.39. The number of carbonyl (C=O) groups excluding carboxylic acids is 2. The summed E-state index contributed by atoms with van der Waals surface area (Å²) in [5, 5.41) is 0. The van der Waals surface area contributed by atoms with E-state index < -0.39 is 5.60 Å². The van der Waals surface area contributed by atoms with Crippen LogP contribution in [0.3, 0.4) is 0 Å². The minimum atomic E-state index is -0.482. The molecule has 1 saturated heterocycles. The Balaban J connectivity index is 1.77. The van der Waals surface area contributed by atoms with Gasteiger partial charge in [0.2, 0.25) is 0 Å². The van der Waals surface area contributed by atoms with Crippen LogP contribution in [0.1, 0.15) is 91.4 Å². The largest absolute Gasteiger partial charge is 0.458 e. The molecule has 0 radical (unpaired) electrons. The number of carbonyl (C=O) groups is 2. The van der Waals surface area contributed by atoms with Gasteiger partial charge < -0.3 is 14.0 Å². The number of nitrogens with zero attached hydrogens (tertiary/aromatic N) is 2. The van der Waals surface area contributed by atoms with Crippen LogP contribution in [0.2, 0.25) is 0 Å². The highest BCUT2D eigenvalue weighted by atomic mass is 16.6. The highest BCUT2D eigenvalue weighted by Gasteiger charge is 2.35. The van der Waals surface area contributed by atoms with E-state index in [1.165, 1.54) is 44.9 Å². The summed E-state index contributed by atoms with van der Waals surface area (Å²) in [6.07, 6.45) is 13.3. The molecule has 0 spiro atoms. The molecule has 0 N–H and O–H groups in total. The van der Waals surface area contributed by atoms with E-state index in [2.05, 4.69) is 7.05 Å². The first-order valence-electron chi connectivity index (χ1n) is 12.2. The molecule has 1 heterocycles. The third kappa shape index (κ3) is 9.67. The van der Waals surface area contributed by atoms with E-state index >= 15 is 0 Å². The molecule has 0 unspecified atom stereocenters. The van der Waals surface area contributed by atoms with Crippen LogP contribution in [-0.2, 0) is 14.3 Å². The Kier molecular flexibility index (Phi) is 9.92. The Morgan fingerprint density at radius 1 is 0.867 bits per heavy atom. The zero-order valence-electron chi connectivity index (χ0n) is 19.9. The molecular formula is C24H45N2O4+. The smallest absolute Gasteiger partial charge is 0.410 e. The molecule has 0 aromatic heterocycles. The second kappa shape index (κ2) is 11.9. The van der Waals surface area contributed by atoms with Crippen molar-refractivity contribution in [3.05, 3.63) is 0 Å². The SMILES string of the molecule is CC(C)(C)OC(=O)N1CC[N+](C)(CC(=O)OC2CCCCCCCCCCC2)CC1. The first-order chi connectivity index (χ1) is 14.2. The second-order valence-corrected chi connectivity index (χ2v) is 10.6. The lowest BCUT2D eigenvalue weighted by Gasteiger charge is -2.41. The van der Waals surface area contributed by atoms with Crippen molar-refractivity contribution in [3.63, 3.8) is 0 Å². The maximum absolute atomic E-state index is 12.7. The Bertz CT molecular complexity index is 524. The molecule has 0 aromatic rings. The summed E-state index contributed by atoms with van der Waals surface area (Å²) in [5.74, 6) is -0.0830. The summed E-state index contributed by atoms with van der Waals surface area (Å²) in [7, 11) is 2.09. The summed E-state index contributed by atoms with van der Waals surface area (Å²) in [4.78, 5) is 26.7. The Labute approximate surface area is 183 Å². The monoisotopic (exact) mass is 425 g/mol. The van der Waals surface area contributed by atoms with E-state index in [1.807, 2.05) is 20.8 Å². The molecule has 1 amide bonds. The van der Waals surface area contributed by atoms with Gasteiger partial charge in [-0.3, -0.25) is 4.90 Å². The number of ether oxygens (including phenoxy) is 2. The molecule has 0 atom stereocenters. The van der Waals surface area contributed by atoms with Gasteiger partial charge in [0.15, 0.2) is 6.54 Å². The summed E-state index contributed by atoms with van der Waals surface area (Å²) >= 11 is 0. The van der Waals surface area contributed by atoms with Crippen molar-refractivity contribution in [3.8, 4) is 0 Å². The standard InChI is InChI=1S/C24H45N2O4/c1-24(2,3)30-23(28)25-16-18-26(4,19-17-25)20-22(27)29-21-14-12-10-8-6-5-7-9-11-13-15-21/h21H,5-20H2,1-4H3/q+1. The molecule has 2 aliphatic rings. The van der Waals surface area contributed by atoms with Crippen LogP contribution in [0.25, 0.3) is 0 Å². The van der Waals surface area contributed by atoms with Crippen LogP contribution in [0.5, 0.6) is 0 Å². The number of piperazine rings is 1. The van der Waals surface area contributed by atoms with Crippen LogP contribution >= 0.6 is 0 Å². The van der Waals surface area contributed by atoms with Gasteiger partial charge in [0, 0.05) is 0 Å². The van der Waals surface area contributed by atoms with Crippen LogP contribution in [-0.4, -0.2) is 72.9 Å². The maximum Gasteiger partial charge on any atom is 0.410 e. The molecule has 174 valence electrons. The van der Waals surface area contributed by atoms with E-state index in [0.29, 0.717) is 24.1 Å². The van der Waals surface area contributed by atoms with Gasteiger partial charge in [0.1, 0.15) is 11.7 Å². The molecule has 0 aromatic carbocycles. The normalized spacial score (nSPS) is 22.5. The zero-order valence-corrected chi connectivity index (χ0v) is 19.9. The van der Waals surface area contributed by atoms with Gasteiger partial charge in [0.25, 0.3) is 0 Å². The van der Waals surface area contributed by atoms with Crippen molar-refractivity contribution >= 4 is 12.1 Å². The molecule has 2 fully saturated rings. The average molecular weight is 426 g/mol. The quantitative estimate of drug-likeness (QED) is 0.477. The van der Waals surface area contributed by atoms with E-state index in [9.17, 15) is 9.59 Å². The molecule has 1 saturated carbocycles. The number of hydrogen-bond donors (Lipinski definition) is 0. The summed E-state index contributed by atoms with van der Waals surface area (Å²) in [6, 6.07) is 0. The lowest BCUT2D eigenvalue weighted by Crippen LogP contribution is -2.60. The molecule has 30 heavy (non-hydrogen) atoms. The van der Waals surface area contributed by atoms with E-state index in [1.54, 1.807) is 4.90 Å². The van der Waals surface area contributed by atoms with Crippen molar-refractivity contribution in [1.82, 2.24) is 4.90 Å². The molecule has 6 heteroatoms. The van der Waals surface area contributed by atoms with Crippen molar-refractivity contribution in [1.29, 1.82) is 0 Å². The first kappa shape index (κ1) is 25.0. The summed E-state index contributed by atoms with van der Waals surface area (Å²) < 4.78 is 12.0. The minimum Gasteiger partial charge on any atom is -0.458 e. The summed E-state index contributed by atoms with van der Waals surface area (Å²) in [5.41, 5.74) is -0.482. The van der Waals surface area contributed by atoms with Crippen LogP contribution in [0.15, 0.2) is 0 Å². The number of rotatable bonds is 3. The van der Waals surface area contributed by atoms with Crippen molar-refractivity contribution in [2.45, 2.75) is 103 Å². The van der Waals surface area contributed by atoms with Gasteiger partial charge >= 0.3 is 12.1 Å². The number of quaternary nitrogens is 1. The van der Waals surface area contributed by atoms with Crippen molar-refractivity contribution in [2.24, 2.45) is 0 Å². The second-order valence-electron chi connectivity index (χ2n) is 10.6. The first-order valence-corrected chi connectivity index (χ1v) is 12.2. The Morgan fingerprint density at radius 2 is 1.33 bits per heavy atom. The highest BCUT2D eigenvalue weighted by molar-refractivity contribution is 5.71. The lowest BCUT2D eigenvalue weighted by molar-refractivity contribution is -0.906. The van der Waals surface area contributed by atoms with E-state index in [0.717, 1.165) is 38.8 Å². The Hall–Kier alpha value is -1.30. The predicted octanol–water partition coefficient (Wildman–Crippen LogP) is 4.90. The van der Waals surface area contributed by atoms with E-state index in [-0.39, 0.29) is 18.2 Å². The highest BCUT2D eigenvalue weighted by Crippen LogP contribution is 2.20. The van der Waals surface area contributed by atoms with Gasteiger partial charge in [-0.05, 0) is 46.5 Å². The zero-order chi connectivity index (χ0) is 22.0. The van der Waals surface area contributed by atoms with E-state index in [4.69, 9.17) is 9.47 Å². The van der Waals surface area contributed by atoms with Crippen LogP contribution < -0.4 is 0 Å². The number of likely N-dealkylation sites (N-methyl/N-ethyl adjacent to an activating group) is 1. The van der Waals surface area contributed by atoms with Gasteiger partial charge in [-0.2, -0.15) is 0 Å². The van der Waals surface area contributed by atoms with Crippen LogP contribution in [0, 0.1) is 0 Å². The molecule has 6 nitrogen and oxygen atoms in total. The topological polar surface area (TPSA) is 55.8 Å². The molecule has 1 aliphatic carbocycles. The molecule has 1 aliphatic heterocycles. The number of hydrogen-bond acceptors (Lipinski definition) is 4. The molecule has 2 rings (SSSR count). The van der Waals surface area contributed by atoms with Gasteiger partial charge in [-0.15, -0.1) is 0 Å². The fourth-order valence-corrected chi connectivity index (χ4v) is 4.39.